The predicted octanol–water partition coefficient (Wildman–Crippen LogP) is 3.72. The molecule has 0 aromatic heterocycles. The fraction of sp³-hybridized carbons (Fsp3) is 0.143. The first-order valence-corrected chi connectivity index (χ1v) is 6.55. The minimum atomic E-state index is -0.616. The highest BCUT2D eigenvalue weighted by Crippen LogP contribution is 2.31. The van der Waals surface area contributed by atoms with Gasteiger partial charge >= 0.3 is 0 Å². The van der Waals surface area contributed by atoms with Crippen LogP contribution in [0.5, 0.6) is 0 Å². The zero-order valence-corrected chi connectivity index (χ0v) is 11.6. The van der Waals surface area contributed by atoms with Gasteiger partial charge in [-0.15, -0.1) is 0 Å². The van der Waals surface area contributed by atoms with Crippen LogP contribution in [0, 0.1) is 0 Å². The summed E-state index contributed by atoms with van der Waals surface area (Å²) in [4.78, 5) is 0. The SMILES string of the molecule is Nc1cc(Cl)c(Cl)cc1NCC(O)c1ccccc1. The molecule has 1 unspecified atom stereocenters. The van der Waals surface area contributed by atoms with Gasteiger partial charge in [0.1, 0.15) is 0 Å². The number of nitrogens with one attached hydrogen (secondary N) is 1. The van der Waals surface area contributed by atoms with Crippen molar-refractivity contribution in [2.75, 3.05) is 17.6 Å². The van der Waals surface area contributed by atoms with Crippen molar-refractivity contribution < 1.29 is 5.11 Å². The summed E-state index contributed by atoms with van der Waals surface area (Å²) in [5.74, 6) is 0. The van der Waals surface area contributed by atoms with E-state index in [2.05, 4.69) is 5.32 Å². The van der Waals surface area contributed by atoms with Crippen LogP contribution in [-0.2, 0) is 0 Å². The summed E-state index contributed by atoms with van der Waals surface area (Å²) in [5.41, 5.74) is 7.82. The first kappa shape index (κ1) is 14.0. The lowest BCUT2D eigenvalue weighted by atomic mass is 10.1. The van der Waals surface area contributed by atoms with Gasteiger partial charge in [-0.1, -0.05) is 53.5 Å². The van der Waals surface area contributed by atoms with Crippen molar-refractivity contribution in [3.8, 4) is 0 Å². The fourth-order valence-electron chi connectivity index (χ4n) is 1.71. The van der Waals surface area contributed by atoms with Crippen LogP contribution in [0.25, 0.3) is 0 Å². The largest absolute Gasteiger partial charge is 0.397 e. The van der Waals surface area contributed by atoms with Gasteiger partial charge in [0.2, 0.25) is 0 Å². The van der Waals surface area contributed by atoms with Crippen LogP contribution in [0.4, 0.5) is 11.4 Å². The van der Waals surface area contributed by atoms with Gasteiger partial charge < -0.3 is 16.2 Å². The standard InChI is InChI=1S/C14H14Cl2N2O/c15-10-6-12(17)13(7-11(10)16)18-8-14(19)9-4-2-1-3-5-9/h1-7,14,18-19H,8,17H2. The van der Waals surface area contributed by atoms with Crippen molar-refractivity contribution in [2.24, 2.45) is 0 Å². The van der Waals surface area contributed by atoms with Crippen LogP contribution >= 0.6 is 23.2 Å². The lowest BCUT2D eigenvalue weighted by Crippen LogP contribution is -2.13. The van der Waals surface area contributed by atoms with E-state index in [1.165, 1.54) is 0 Å². The lowest BCUT2D eigenvalue weighted by Gasteiger charge is -2.15. The minimum absolute atomic E-state index is 0.339. The van der Waals surface area contributed by atoms with E-state index in [0.29, 0.717) is 28.0 Å². The summed E-state index contributed by atoms with van der Waals surface area (Å²) in [6.07, 6.45) is -0.616. The molecule has 0 aliphatic carbocycles. The molecule has 4 N–H and O–H groups in total. The third-order valence-corrected chi connectivity index (χ3v) is 3.48. The maximum absolute atomic E-state index is 10.0. The first-order valence-electron chi connectivity index (χ1n) is 5.79. The second kappa shape index (κ2) is 6.15. The Balaban J connectivity index is 2.05. The van der Waals surface area contributed by atoms with Crippen molar-refractivity contribution >= 4 is 34.6 Å². The Hall–Kier alpha value is -1.42. The topological polar surface area (TPSA) is 58.3 Å². The highest BCUT2D eigenvalue weighted by atomic mass is 35.5. The molecular weight excluding hydrogens is 283 g/mol. The Morgan fingerprint density at radius 1 is 1.11 bits per heavy atom. The Morgan fingerprint density at radius 3 is 2.42 bits per heavy atom. The molecule has 1 atom stereocenters. The molecule has 0 amide bonds. The smallest absolute Gasteiger partial charge is 0.0962 e. The van der Waals surface area contributed by atoms with Gasteiger partial charge in [0.15, 0.2) is 0 Å². The summed E-state index contributed by atoms with van der Waals surface area (Å²) in [7, 11) is 0. The number of hydrogen-bond donors (Lipinski definition) is 3. The highest BCUT2D eigenvalue weighted by molar-refractivity contribution is 6.42. The van der Waals surface area contributed by atoms with Crippen molar-refractivity contribution in [3.05, 3.63) is 58.1 Å². The Labute approximate surface area is 122 Å². The highest BCUT2D eigenvalue weighted by Gasteiger charge is 2.09. The van der Waals surface area contributed by atoms with Crippen molar-refractivity contribution in [1.82, 2.24) is 0 Å². The molecule has 0 bridgehead atoms. The minimum Gasteiger partial charge on any atom is -0.397 e. The zero-order chi connectivity index (χ0) is 13.8. The second-order valence-corrected chi connectivity index (χ2v) is 4.98. The van der Waals surface area contributed by atoms with E-state index < -0.39 is 6.10 Å². The molecule has 19 heavy (non-hydrogen) atoms. The van der Waals surface area contributed by atoms with Gasteiger partial charge in [-0.3, -0.25) is 0 Å². The van der Waals surface area contributed by atoms with E-state index >= 15 is 0 Å². The van der Waals surface area contributed by atoms with Crippen LogP contribution in [0.3, 0.4) is 0 Å². The maximum atomic E-state index is 10.0. The first-order chi connectivity index (χ1) is 9.08. The van der Waals surface area contributed by atoms with Crippen molar-refractivity contribution in [3.63, 3.8) is 0 Å². The number of aliphatic hydroxyl groups excluding tert-OH is 1. The third kappa shape index (κ3) is 3.53. The van der Waals surface area contributed by atoms with E-state index in [0.717, 1.165) is 5.56 Å². The summed E-state index contributed by atoms with van der Waals surface area (Å²) in [6, 6.07) is 12.6. The monoisotopic (exact) mass is 296 g/mol. The van der Waals surface area contributed by atoms with Crippen LogP contribution in [0.15, 0.2) is 42.5 Å². The molecule has 0 aliphatic rings. The number of hydrogen-bond acceptors (Lipinski definition) is 3. The van der Waals surface area contributed by atoms with Crippen LogP contribution in [-0.4, -0.2) is 11.7 Å². The molecule has 0 fully saturated rings. The molecular formula is C14H14Cl2N2O. The van der Waals surface area contributed by atoms with Crippen LogP contribution in [0.1, 0.15) is 11.7 Å². The Kier molecular flexibility index (Phi) is 4.53. The van der Waals surface area contributed by atoms with E-state index in [4.69, 9.17) is 28.9 Å². The molecule has 0 aliphatic heterocycles. The van der Waals surface area contributed by atoms with E-state index in [1.807, 2.05) is 30.3 Å². The number of aliphatic hydroxyl groups is 1. The average molecular weight is 297 g/mol. The number of nitrogens with two attached hydrogens (primary N) is 1. The molecule has 3 nitrogen and oxygen atoms in total. The summed E-state index contributed by atoms with van der Waals surface area (Å²) in [5, 5.41) is 13.9. The molecule has 0 saturated heterocycles. The average Bonchev–Trinajstić information content (AvgIpc) is 2.42. The molecule has 2 aromatic rings. The number of benzene rings is 2. The predicted molar refractivity (Wildman–Crippen MR) is 80.8 cm³/mol. The van der Waals surface area contributed by atoms with E-state index in [9.17, 15) is 5.11 Å². The van der Waals surface area contributed by atoms with Crippen molar-refractivity contribution in [2.45, 2.75) is 6.10 Å². The summed E-state index contributed by atoms with van der Waals surface area (Å²) >= 11 is 11.8. The Bertz CT molecular complexity index is 561. The number of nitrogen functional groups attached to an aromatic ring is 1. The van der Waals surface area contributed by atoms with E-state index in [1.54, 1.807) is 12.1 Å². The molecule has 0 heterocycles. The molecule has 2 aromatic carbocycles. The normalized spacial score (nSPS) is 12.2. The van der Waals surface area contributed by atoms with Gasteiger partial charge in [-0.25, -0.2) is 0 Å². The van der Waals surface area contributed by atoms with Crippen LogP contribution in [0.2, 0.25) is 10.0 Å². The molecule has 100 valence electrons. The van der Waals surface area contributed by atoms with Gasteiger partial charge in [0.05, 0.1) is 27.5 Å². The molecule has 0 radical (unpaired) electrons. The van der Waals surface area contributed by atoms with Gasteiger partial charge in [-0.2, -0.15) is 0 Å². The van der Waals surface area contributed by atoms with E-state index in [-0.39, 0.29) is 0 Å². The van der Waals surface area contributed by atoms with Gasteiger partial charge in [0, 0.05) is 6.54 Å². The zero-order valence-electron chi connectivity index (χ0n) is 10.1. The van der Waals surface area contributed by atoms with Crippen molar-refractivity contribution in [1.29, 1.82) is 0 Å². The summed E-state index contributed by atoms with van der Waals surface area (Å²) in [6.45, 7) is 0.339. The molecule has 2 rings (SSSR count). The molecule has 0 saturated carbocycles. The van der Waals surface area contributed by atoms with Crippen LogP contribution < -0.4 is 11.1 Å². The second-order valence-electron chi connectivity index (χ2n) is 4.16. The summed E-state index contributed by atoms with van der Waals surface area (Å²) < 4.78 is 0. The van der Waals surface area contributed by atoms with Gasteiger partial charge in [-0.05, 0) is 17.7 Å². The lowest BCUT2D eigenvalue weighted by molar-refractivity contribution is 0.191. The van der Waals surface area contributed by atoms with Gasteiger partial charge in [0.25, 0.3) is 0 Å². The maximum Gasteiger partial charge on any atom is 0.0962 e. The number of halogens is 2. The number of anilines is 2. The molecule has 5 heteroatoms. The quantitative estimate of drug-likeness (QED) is 0.754. The third-order valence-electron chi connectivity index (χ3n) is 2.76. The Morgan fingerprint density at radius 2 is 1.74 bits per heavy atom. The fourth-order valence-corrected chi connectivity index (χ4v) is 2.05. The number of rotatable bonds is 4. The molecule has 0 spiro atoms.